The van der Waals surface area contributed by atoms with Crippen molar-refractivity contribution in [1.29, 1.82) is 0 Å². The summed E-state index contributed by atoms with van der Waals surface area (Å²) < 4.78 is 12.5. The number of halogens is 1. The van der Waals surface area contributed by atoms with E-state index in [0.717, 1.165) is 27.0 Å². The van der Waals surface area contributed by atoms with Crippen LogP contribution in [-0.4, -0.2) is 19.1 Å². The van der Waals surface area contributed by atoms with E-state index in [1.54, 1.807) is 0 Å². The third-order valence-corrected chi connectivity index (χ3v) is 6.10. The Bertz CT molecular complexity index is 1280. The molecule has 0 saturated carbocycles. The fourth-order valence-corrected chi connectivity index (χ4v) is 4.10. The lowest BCUT2D eigenvalue weighted by molar-refractivity contribution is -0.118. The van der Waals surface area contributed by atoms with Gasteiger partial charge in [0.15, 0.2) is 18.1 Å². The summed E-state index contributed by atoms with van der Waals surface area (Å²) in [6.45, 7) is 4.90. The molecule has 0 radical (unpaired) electrons. The van der Waals surface area contributed by atoms with Crippen LogP contribution in [0.15, 0.2) is 83.3 Å². The second-order valence-electron chi connectivity index (χ2n) is 7.91. The highest BCUT2D eigenvalue weighted by molar-refractivity contribution is 9.10. The van der Waals surface area contributed by atoms with E-state index in [1.807, 2.05) is 68.4 Å². The monoisotopic (exact) mass is 518 g/mol. The molecule has 0 atom stereocenters. The van der Waals surface area contributed by atoms with E-state index in [9.17, 15) is 4.79 Å². The number of nitrogens with one attached hydrogen (secondary N) is 2. The smallest absolute Gasteiger partial charge is 0.262 e. The number of hydrogen-bond donors (Lipinski definition) is 2. The van der Waals surface area contributed by atoms with Gasteiger partial charge in [0.25, 0.3) is 5.91 Å². The number of carbonyl (C=O) groups excluding carboxylic acids is 1. The Labute approximate surface area is 208 Å². The van der Waals surface area contributed by atoms with Gasteiger partial charge in [0.1, 0.15) is 0 Å². The molecule has 0 heterocycles. The minimum atomic E-state index is -0.232. The summed E-state index contributed by atoms with van der Waals surface area (Å²) in [7, 11) is 0. The summed E-state index contributed by atoms with van der Waals surface area (Å²) in [4.78, 5) is 12.4. The third-order valence-electron chi connectivity index (χ3n) is 5.37. The number of carbonyl (C=O) groups is 1. The van der Waals surface area contributed by atoms with E-state index < -0.39 is 0 Å². The molecular formula is C28H27BrN2O3. The van der Waals surface area contributed by atoms with E-state index in [-0.39, 0.29) is 12.5 Å². The van der Waals surface area contributed by atoms with Crippen molar-refractivity contribution >= 4 is 44.0 Å². The molecular weight excluding hydrogens is 492 g/mol. The largest absolute Gasteiger partial charge is 0.490 e. The summed E-state index contributed by atoms with van der Waals surface area (Å²) in [5.41, 5.74) is 3.96. The molecule has 0 unspecified atom stereocenters. The molecule has 0 fully saturated rings. The molecule has 4 rings (SSSR count). The predicted molar refractivity (Wildman–Crippen MR) is 142 cm³/mol. The number of amides is 1. The number of benzene rings is 4. The number of anilines is 2. The molecule has 0 aliphatic heterocycles. The Kier molecular flexibility index (Phi) is 7.70. The van der Waals surface area contributed by atoms with Crippen molar-refractivity contribution in [2.75, 3.05) is 23.8 Å². The van der Waals surface area contributed by atoms with Crippen LogP contribution in [0.1, 0.15) is 18.1 Å². The molecule has 0 aliphatic rings. The predicted octanol–water partition coefficient (Wildman–Crippen LogP) is 6.94. The third kappa shape index (κ3) is 5.88. The standard InChI is InChI=1S/C28H27BrN2O3/c1-3-33-26-15-21(17-30-25-10-6-8-20-7-4-5-9-23(20)25)24(29)16-27(26)34-18-28(32)31-22-13-11-19(2)12-14-22/h4-16,30H,3,17-18H2,1-2H3,(H,31,32). The van der Waals surface area contributed by atoms with Crippen molar-refractivity contribution < 1.29 is 14.3 Å². The van der Waals surface area contributed by atoms with Gasteiger partial charge >= 0.3 is 0 Å². The Morgan fingerprint density at radius 1 is 0.912 bits per heavy atom. The van der Waals surface area contributed by atoms with Gasteiger partial charge in [0, 0.05) is 27.8 Å². The molecule has 34 heavy (non-hydrogen) atoms. The van der Waals surface area contributed by atoms with Crippen LogP contribution < -0.4 is 20.1 Å². The molecule has 174 valence electrons. The first kappa shape index (κ1) is 23.6. The zero-order valence-corrected chi connectivity index (χ0v) is 20.8. The fraction of sp³-hybridized carbons (Fsp3) is 0.179. The summed E-state index contributed by atoms with van der Waals surface area (Å²) in [5.74, 6) is 0.884. The van der Waals surface area contributed by atoms with Gasteiger partial charge in [-0.05, 0) is 55.1 Å². The van der Waals surface area contributed by atoms with Crippen LogP contribution in [0.5, 0.6) is 11.5 Å². The minimum absolute atomic E-state index is 0.117. The maximum atomic E-state index is 12.4. The van der Waals surface area contributed by atoms with Gasteiger partial charge in [-0.2, -0.15) is 0 Å². The quantitative estimate of drug-likeness (QED) is 0.252. The van der Waals surface area contributed by atoms with Crippen molar-refractivity contribution in [2.24, 2.45) is 0 Å². The summed E-state index contributed by atoms with van der Waals surface area (Å²) in [5, 5.41) is 8.73. The maximum absolute atomic E-state index is 12.4. The summed E-state index contributed by atoms with van der Waals surface area (Å²) in [6.07, 6.45) is 0. The van der Waals surface area contributed by atoms with Crippen LogP contribution in [0.4, 0.5) is 11.4 Å². The highest BCUT2D eigenvalue weighted by Gasteiger charge is 2.13. The molecule has 0 bridgehead atoms. The molecule has 4 aromatic rings. The average molecular weight is 519 g/mol. The number of aryl methyl sites for hydroxylation is 1. The topological polar surface area (TPSA) is 59.6 Å². The van der Waals surface area contributed by atoms with Crippen LogP contribution in [-0.2, 0) is 11.3 Å². The highest BCUT2D eigenvalue weighted by atomic mass is 79.9. The Morgan fingerprint density at radius 3 is 2.44 bits per heavy atom. The van der Waals surface area contributed by atoms with E-state index >= 15 is 0 Å². The van der Waals surface area contributed by atoms with Crippen LogP contribution >= 0.6 is 15.9 Å². The molecule has 1 amide bonds. The lowest BCUT2D eigenvalue weighted by atomic mass is 10.1. The van der Waals surface area contributed by atoms with Crippen LogP contribution in [0.25, 0.3) is 10.8 Å². The maximum Gasteiger partial charge on any atom is 0.262 e. The molecule has 6 heteroatoms. The van der Waals surface area contributed by atoms with E-state index in [1.165, 1.54) is 10.8 Å². The number of rotatable bonds is 9. The van der Waals surface area contributed by atoms with Gasteiger partial charge in [-0.1, -0.05) is 70.0 Å². The molecule has 0 aromatic heterocycles. The second-order valence-corrected chi connectivity index (χ2v) is 8.76. The Morgan fingerprint density at radius 2 is 1.65 bits per heavy atom. The SMILES string of the molecule is CCOc1cc(CNc2cccc3ccccc23)c(Br)cc1OCC(=O)Nc1ccc(C)cc1. The van der Waals surface area contributed by atoms with Gasteiger partial charge in [0.2, 0.25) is 0 Å². The minimum Gasteiger partial charge on any atom is -0.490 e. The Balaban J connectivity index is 1.45. The van der Waals surface area contributed by atoms with Crippen molar-refractivity contribution in [3.63, 3.8) is 0 Å². The van der Waals surface area contributed by atoms with E-state index in [2.05, 4.69) is 50.8 Å². The number of ether oxygens (including phenoxy) is 2. The van der Waals surface area contributed by atoms with Gasteiger partial charge in [-0.25, -0.2) is 0 Å². The van der Waals surface area contributed by atoms with Crippen LogP contribution in [0.2, 0.25) is 0 Å². The molecule has 0 aliphatic carbocycles. The van der Waals surface area contributed by atoms with Crippen molar-refractivity contribution in [3.8, 4) is 11.5 Å². The second kappa shape index (κ2) is 11.1. The molecule has 5 nitrogen and oxygen atoms in total. The van der Waals surface area contributed by atoms with Crippen molar-refractivity contribution in [2.45, 2.75) is 20.4 Å². The first-order chi connectivity index (χ1) is 16.5. The van der Waals surface area contributed by atoms with Crippen molar-refractivity contribution in [1.82, 2.24) is 0 Å². The fourth-order valence-electron chi connectivity index (χ4n) is 3.64. The van der Waals surface area contributed by atoms with Crippen molar-refractivity contribution in [3.05, 3.63) is 94.5 Å². The molecule has 2 N–H and O–H groups in total. The average Bonchev–Trinajstić information content (AvgIpc) is 2.84. The zero-order chi connectivity index (χ0) is 23.9. The lowest BCUT2D eigenvalue weighted by Gasteiger charge is -2.16. The zero-order valence-electron chi connectivity index (χ0n) is 19.2. The first-order valence-corrected chi connectivity index (χ1v) is 12.0. The molecule has 4 aromatic carbocycles. The molecule has 0 spiro atoms. The van der Waals surface area contributed by atoms with Crippen LogP contribution in [0.3, 0.4) is 0 Å². The van der Waals surface area contributed by atoms with E-state index in [4.69, 9.17) is 9.47 Å². The lowest BCUT2D eigenvalue weighted by Crippen LogP contribution is -2.20. The highest BCUT2D eigenvalue weighted by Crippen LogP contribution is 2.35. The first-order valence-electron chi connectivity index (χ1n) is 11.2. The van der Waals surface area contributed by atoms with Gasteiger partial charge in [-0.15, -0.1) is 0 Å². The summed E-state index contributed by atoms with van der Waals surface area (Å²) in [6, 6.07) is 25.9. The van der Waals surface area contributed by atoms with Gasteiger partial charge in [-0.3, -0.25) is 4.79 Å². The van der Waals surface area contributed by atoms with Gasteiger partial charge < -0.3 is 20.1 Å². The van der Waals surface area contributed by atoms with Gasteiger partial charge in [0.05, 0.1) is 6.61 Å². The molecule has 0 saturated heterocycles. The number of fused-ring (bicyclic) bond motifs is 1. The Hall–Kier alpha value is -3.51. The summed E-state index contributed by atoms with van der Waals surface area (Å²) >= 11 is 3.65. The van der Waals surface area contributed by atoms with E-state index in [0.29, 0.717) is 24.7 Å². The number of hydrogen-bond acceptors (Lipinski definition) is 4. The van der Waals surface area contributed by atoms with Crippen LogP contribution in [0, 0.1) is 6.92 Å². The normalized spacial score (nSPS) is 10.7.